The summed E-state index contributed by atoms with van der Waals surface area (Å²) in [6.07, 6.45) is 4.94. The molecular formula is C54H56P4Pt2+4. The summed E-state index contributed by atoms with van der Waals surface area (Å²) in [5, 5.41) is 11.8. The number of rotatable bonds is 14. The van der Waals surface area contributed by atoms with Crippen LogP contribution in [0.3, 0.4) is 0 Å². The molecule has 0 N–H and O–H groups in total. The Bertz CT molecular complexity index is 1760. The second-order valence-electron chi connectivity index (χ2n) is 13.7. The smallest absolute Gasteiger partial charge is 0.358 e. The van der Waals surface area contributed by atoms with Gasteiger partial charge in [-0.05, 0) is 83.4 Å². The molecule has 0 nitrogen and oxygen atoms in total. The Morgan fingerprint density at radius 2 is 0.450 bits per heavy atom. The minimum absolute atomic E-state index is 0. The van der Waals surface area contributed by atoms with Gasteiger partial charge in [0.25, 0.3) is 0 Å². The average molecular weight is 1220 g/mol. The molecule has 308 valence electrons. The van der Waals surface area contributed by atoms with Crippen LogP contribution < -0.4 is 42.4 Å². The summed E-state index contributed by atoms with van der Waals surface area (Å²) in [7, 11) is -3.27. The van der Waals surface area contributed by atoms with Crippen molar-refractivity contribution in [1.82, 2.24) is 0 Å². The second-order valence-corrected chi connectivity index (χ2v) is 24.0. The second kappa shape index (κ2) is 28.5. The van der Waals surface area contributed by atoms with E-state index in [9.17, 15) is 0 Å². The van der Waals surface area contributed by atoms with Crippen molar-refractivity contribution in [1.29, 1.82) is 0 Å². The van der Waals surface area contributed by atoms with E-state index in [2.05, 4.69) is 243 Å². The third-order valence-electron chi connectivity index (χ3n) is 10.1. The molecular weight excluding hydrogens is 1160 g/mol. The molecule has 0 amide bonds. The first kappa shape index (κ1) is 51.2. The molecule has 2 atom stereocenters. The summed E-state index contributed by atoms with van der Waals surface area (Å²) >= 11 is 0. The molecule has 0 spiro atoms. The molecule has 60 heavy (non-hydrogen) atoms. The molecule has 2 unspecified atom stereocenters. The molecule has 0 aliphatic heterocycles. The fourth-order valence-corrected chi connectivity index (χ4v) is 19.5. The third-order valence-corrected chi connectivity index (χ3v) is 22.2. The Morgan fingerprint density at radius 1 is 0.250 bits per heavy atom. The Kier molecular flexibility index (Phi) is 24.3. The van der Waals surface area contributed by atoms with Crippen molar-refractivity contribution in [3.63, 3.8) is 0 Å². The van der Waals surface area contributed by atoms with Crippen LogP contribution in [-0.4, -0.2) is 24.6 Å². The molecule has 0 aromatic heterocycles. The number of benzene rings is 8. The van der Waals surface area contributed by atoms with Crippen molar-refractivity contribution in [2.24, 2.45) is 0 Å². The maximum atomic E-state index is 3.53. The number of hydrogen-bond acceptors (Lipinski definition) is 0. The van der Waals surface area contributed by atoms with Crippen LogP contribution in [0.4, 0.5) is 0 Å². The first-order valence-electron chi connectivity index (χ1n) is 19.5. The van der Waals surface area contributed by atoms with Gasteiger partial charge in [0.05, 0.1) is 60.0 Å². The van der Waals surface area contributed by atoms with E-state index in [1.54, 1.807) is 0 Å². The van der Waals surface area contributed by atoms with Crippen LogP contribution in [0.15, 0.2) is 231 Å². The van der Waals surface area contributed by atoms with Gasteiger partial charge in [0.2, 0.25) is 0 Å². The normalized spacial score (nSPS) is 11.2. The molecule has 0 fully saturated rings. The molecule has 6 heteroatoms. The van der Waals surface area contributed by atoms with Gasteiger partial charge in [0.1, 0.15) is 12.3 Å². The van der Waals surface area contributed by atoms with Crippen molar-refractivity contribution in [3.05, 3.63) is 258 Å². The van der Waals surface area contributed by atoms with Gasteiger partial charge in [-0.15, -0.1) is 24.3 Å². The topological polar surface area (TPSA) is 0 Å². The van der Waals surface area contributed by atoms with Crippen LogP contribution in [-0.2, 0) is 42.1 Å². The van der Waals surface area contributed by atoms with Crippen molar-refractivity contribution in [2.45, 2.75) is 0 Å². The summed E-state index contributed by atoms with van der Waals surface area (Å²) in [5.41, 5.74) is 0. The summed E-state index contributed by atoms with van der Waals surface area (Å²) in [4.78, 5) is 0. The van der Waals surface area contributed by atoms with Gasteiger partial charge >= 0.3 is 42.1 Å². The fraction of sp³-hybridized carbons (Fsp3) is 0.0741. The predicted molar refractivity (Wildman–Crippen MR) is 272 cm³/mol. The molecule has 8 aromatic carbocycles. The third kappa shape index (κ3) is 15.0. The van der Waals surface area contributed by atoms with Gasteiger partial charge in [0, 0.05) is 15.8 Å². The predicted octanol–water partition coefficient (Wildman–Crippen LogP) is 9.93. The first-order chi connectivity index (χ1) is 27.8. The summed E-state index contributed by atoms with van der Waals surface area (Å²) < 4.78 is 0. The molecule has 0 saturated heterocycles. The molecule has 0 saturated carbocycles. The molecule has 0 aliphatic carbocycles. The van der Waals surface area contributed by atoms with E-state index >= 15 is 0 Å². The zero-order valence-corrected chi connectivity index (χ0v) is 42.9. The van der Waals surface area contributed by atoms with E-state index < -0.39 is 31.7 Å². The van der Waals surface area contributed by atoms with E-state index in [0.717, 1.165) is 0 Å². The van der Waals surface area contributed by atoms with Gasteiger partial charge in [-0.1, -0.05) is 109 Å². The van der Waals surface area contributed by atoms with Gasteiger partial charge in [-0.2, -0.15) is 36.4 Å². The molecule has 8 aromatic rings. The van der Waals surface area contributed by atoms with Crippen molar-refractivity contribution >= 4 is 74.1 Å². The molecule has 0 radical (unpaired) electrons. The Labute approximate surface area is 395 Å². The minimum Gasteiger partial charge on any atom is -0.358 e. The average Bonchev–Trinajstić information content (AvgIpc) is 3.29. The Morgan fingerprint density at radius 3 is 0.667 bits per heavy atom. The zero-order valence-electron chi connectivity index (χ0n) is 34.4. The molecule has 8 rings (SSSR count). The summed E-state index contributed by atoms with van der Waals surface area (Å²) in [6, 6.07) is 90.6. The van der Waals surface area contributed by atoms with Crippen LogP contribution >= 0.6 is 31.7 Å². The van der Waals surface area contributed by atoms with Gasteiger partial charge in [-0.3, -0.25) is 0 Å². The molecule has 0 bridgehead atoms. The molecule has 0 heterocycles. The Hall–Kier alpha value is -3.14. The maximum absolute atomic E-state index is 3.53. The van der Waals surface area contributed by atoms with Crippen molar-refractivity contribution in [2.75, 3.05) is 24.6 Å². The van der Waals surface area contributed by atoms with E-state index in [1.807, 2.05) is 0 Å². The van der Waals surface area contributed by atoms with E-state index in [0.29, 0.717) is 0 Å². The van der Waals surface area contributed by atoms with Crippen LogP contribution in [0, 0.1) is 27.0 Å². The Balaban J connectivity index is 0.000000300. The quantitative estimate of drug-likeness (QED) is 0.0752. The van der Waals surface area contributed by atoms with Gasteiger partial charge in [0.15, 0.2) is 0 Å². The maximum Gasteiger partial charge on any atom is 2.00 e. The SMILES string of the molecule is [CH3-].[CH3-].[Pt+2].[Pt+2].[c-]1ccccc1[PH+](CC[PH+](c1ccccc1)c1ccccc1)c1ccccc1.[c-]1ccccc1[PH+](CC[PH+](c1ccccc1)c1ccccc1)c1ccccc1. The van der Waals surface area contributed by atoms with Gasteiger partial charge < -0.3 is 14.9 Å². The largest absolute Gasteiger partial charge is 2.00 e. The monoisotopic (exact) mass is 1220 g/mol. The van der Waals surface area contributed by atoms with Crippen molar-refractivity contribution in [3.8, 4) is 0 Å². The molecule has 0 aliphatic rings. The zero-order chi connectivity index (χ0) is 38.0. The van der Waals surface area contributed by atoms with E-state index in [4.69, 9.17) is 0 Å². The number of hydrogen-bond donors (Lipinski definition) is 0. The summed E-state index contributed by atoms with van der Waals surface area (Å²) in [6.45, 7) is 0. The minimum atomic E-state index is -0.839. The standard InChI is InChI=1S/2C26H23P2.2CH3.2Pt/c2*1-5-13-23(14-6-1)27(24-15-7-2-8-16-24)21-22-28(25-17-9-3-10-18-25)26-19-11-4-12-20-26;;;;/h2*1-19H,21-22H2;2*1H3;;/q4*-1;2*+2/p+4. The van der Waals surface area contributed by atoms with Crippen LogP contribution in [0.2, 0.25) is 0 Å². The van der Waals surface area contributed by atoms with E-state index in [-0.39, 0.29) is 57.0 Å². The van der Waals surface area contributed by atoms with Crippen LogP contribution in [0.5, 0.6) is 0 Å². The van der Waals surface area contributed by atoms with Crippen LogP contribution in [0.1, 0.15) is 0 Å². The van der Waals surface area contributed by atoms with Crippen molar-refractivity contribution < 1.29 is 42.1 Å². The summed E-state index contributed by atoms with van der Waals surface area (Å²) in [5.74, 6) is 0. The van der Waals surface area contributed by atoms with E-state index in [1.165, 1.54) is 67.1 Å². The van der Waals surface area contributed by atoms with Crippen LogP contribution in [0.25, 0.3) is 0 Å². The first-order valence-corrected chi connectivity index (χ1v) is 26.4. The van der Waals surface area contributed by atoms with Gasteiger partial charge in [-0.25, -0.2) is 0 Å². The fourth-order valence-electron chi connectivity index (χ4n) is 7.28.